The van der Waals surface area contributed by atoms with E-state index in [1.807, 2.05) is 45.9 Å². The van der Waals surface area contributed by atoms with Gasteiger partial charge in [0.2, 0.25) is 0 Å². The van der Waals surface area contributed by atoms with Gasteiger partial charge in [-0.25, -0.2) is 0 Å². The van der Waals surface area contributed by atoms with Gasteiger partial charge in [0.15, 0.2) is 6.29 Å². The molecule has 0 saturated heterocycles. The van der Waals surface area contributed by atoms with Crippen molar-refractivity contribution >= 4 is 156 Å². The Morgan fingerprint density at radius 1 is 0.413 bits per heavy atom. The summed E-state index contributed by atoms with van der Waals surface area (Å²) in [6.45, 7) is 12.9. The van der Waals surface area contributed by atoms with Crippen molar-refractivity contribution < 1.29 is 71.2 Å². The number of hydrogen-bond donors (Lipinski definition) is 2. The largest absolute Gasteiger partial charge is 0.460 e. The van der Waals surface area contributed by atoms with Crippen LogP contribution in [0.1, 0.15) is 155 Å². The second-order valence-corrected chi connectivity index (χ2v) is 31.9. The van der Waals surface area contributed by atoms with Gasteiger partial charge in [-0.1, -0.05) is 48.5 Å². The minimum absolute atomic E-state index is 0. The van der Waals surface area contributed by atoms with E-state index in [1.165, 1.54) is 48.5 Å². The number of benzene rings is 4. The molecule has 0 aliphatic rings. The average Bonchev–Trinajstić information content (AvgIpc) is 0.813. The minimum Gasteiger partial charge on any atom is -0.460 e. The van der Waals surface area contributed by atoms with Gasteiger partial charge < -0.3 is 16.2 Å². The molecule has 0 amide bonds. The zero-order valence-corrected chi connectivity index (χ0v) is 71.1. The summed E-state index contributed by atoms with van der Waals surface area (Å²) in [5, 5.41) is 0. The van der Waals surface area contributed by atoms with E-state index < -0.39 is 92.1 Å². The lowest BCUT2D eigenvalue weighted by Crippen LogP contribution is -2.27. The van der Waals surface area contributed by atoms with Crippen molar-refractivity contribution in [1.29, 1.82) is 0 Å². The van der Waals surface area contributed by atoms with Crippen molar-refractivity contribution in [1.82, 2.24) is 29.9 Å². The van der Waals surface area contributed by atoms with E-state index >= 15 is 0 Å². The first kappa shape index (κ1) is 99.0. The monoisotopic (exact) mass is 1990 g/mol. The number of aromatic nitrogens is 6. The maximum atomic E-state index is 12.8. The summed E-state index contributed by atoms with van der Waals surface area (Å²) in [5.41, 5.74) is 14.8. The molecular weight excluding hydrogens is 1920 g/mol. The van der Waals surface area contributed by atoms with E-state index in [0.29, 0.717) is 61.5 Å². The number of esters is 1. The quantitative estimate of drug-likeness (QED) is 0.0632. The van der Waals surface area contributed by atoms with Crippen LogP contribution in [-0.4, -0.2) is 62.5 Å². The highest BCUT2D eigenvalue weighted by Crippen LogP contribution is 2.39. The molecule has 12 nitrogen and oxygen atoms in total. The lowest BCUT2D eigenvalue weighted by Gasteiger charge is -2.24. The third-order valence-electron chi connectivity index (χ3n) is 14.5. The predicted molar refractivity (Wildman–Crippen MR) is 428 cm³/mol. The molecule has 0 bridgehead atoms. The lowest BCUT2D eigenvalue weighted by atomic mass is 9.91. The Hall–Kier alpha value is -6.10. The number of carbonyl (C=O) groups is 2. The number of aryl methyl sites for hydroxylation is 1. The second-order valence-electron chi connectivity index (χ2n) is 24.5. The van der Waals surface area contributed by atoms with E-state index in [-0.39, 0.29) is 55.3 Å². The van der Waals surface area contributed by atoms with Crippen molar-refractivity contribution in [3.8, 4) is 0 Å². The summed E-state index contributed by atoms with van der Waals surface area (Å²) >= 11 is 20.0. The van der Waals surface area contributed by atoms with Crippen LogP contribution in [0.5, 0.6) is 0 Å². The summed E-state index contributed by atoms with van der Waals surface area (Å²) in [6, 6.07) is 39.7. The first-order valence-electron chi connectivity index (χ1n) is 31.3. The van der Waals surface area contributed by atoms with E-state index in [0.717, 1.165) is 76.6 Å². The molecule has 0 aliphatic heterocycles. The molecule has 6 aromatic heterocycles. The van der Waals surface area contributed by atoms with Crippen LogP contribution in [0.25, 0.3) is 0 Å². The van der Waals surface area contributed by atoms with Gasteiger partial charge in [-0.2, -0.15) is 52.7 Å². The molecule has 5 atom stereocenters. The molecule has 588 valence electrons. The van der Waals surface area contributed by atoms with Gasteiger partial charge in [0.05, 0.1) is 69.2 Å². The van der Waals surface area contributed by atoms with Gasteiger partial charge in [-0.3, -0.25) is 43.7 Å². The molecule has 34 heteroatoms. The van der Waals surface area contributed by atoms with E-state index in [4.69, 9.17) is 16.2 Å². The summed E-state index contributed by atoms with van der Waals surface area (Å²) in [5.74, 6) is -1.05. The molecule has 6 heterocycles. The number of hydrogen-bond acceptors (Lipinski definition) is 12. The van der Waals surface area contributed by atoms with Crippen LogP contribution in [-0.2, 0) is 45.0 Å². The van der Waals surface area contributed by atoms with Gasteiger partial charge in [-0.15, -0.1) is 37.2 Å². The summed E-state index contributed by atoms with van der Waals surface area (Å²) in [6.07, 6.45) is -7.06. The Kier molecular flexibility index (Phi) is 40.8. The molecule has 4 N–H and O–H groups in total. The van der Waals surface area contributed by atoms with Crippen LogP contribution in [0.15, 0.2) is 234 Å². The molecule has 109 heavy (non-hydrogen) atoms. The number of ether oxygens (including phenoxy) is 1. The topological polar surface area (TPSA) is 190 Å². The highest BCUT2D eigenvalue weighted by Gasteiger charge is 2.35. The van der Waals surface area contributed by atoms with Crippen molar-refractivity contribution in [2.45, 2.75) is 114 Å². The van der Waals surface area contributed by atoms with Crippen molar-refractivity contribution in [2.24, 2.45) is 11.5 Å². The number of nitrogens with zero attached hydrogens (tertiary/aromatic N) is 6. The van der Waals surface area contributed by atoms with Crippen LogP contribution in [0.3, 0.4) is 0 Å². The number of rotatable bonds is 13. The lowest BCUT2D eigenvalue weighted by molar-refractivity contribution is -0.155. The average molecular weight is 1990 g/mol. The van der Waals surface area contributed by atoms with E-state index in [2.05, 4.69) is 125 Å². The maximum Gasteiger partial charge on any atom is 0.416 e. The summed E-state index contributed by atoms with van der Waals surface area (Å²) < 4.78 is 174. The molecule has 0 fully saturated rings. The number of halogens is 21. The normalized spacial score (nSPS) is 12.7. The first-order valence-corrected chi connectivity index (χ1v) is 37.3. The third kappa shape index (κ3) is 32.5. The van der Waals surface area contributed by atoms with Crippen molar-refractivity contribution in [2.75, 3.05) is 5.75 Å². The van der Waals surface area contributed by atoms with E-state index in [9.17, 15) is 66.5 Å². The molecule has 0 saturated carbocycles. The van der Waals surface area contributed by atoms with Gasteiger partial charge in [0.1, 0.15) is 11.3 Å². The fourth-order valence-corrected chi connectivity index (χ4v) is 12.9. The Balaban J connectivity index is 0.000000458. The molecular formula is C75H71Br6Cl3F12N8O4S. The molecule has 0 radical (unpaired) electrons. The Labute approximate surface area is 694 Å². The standard InChI is InChI=1S/C19H19BrF3NO2.C18H19BrF3NOS.2C13H10BrF3N2.C6H4BrNO.C6H6BrN.3ClH/c1-18(2,3)26-16(25)11-14(17-15(20)5-4-10-24-17)12-6-8-13(9-7-12)19(21,22)23;1-17(2,3)25(24)11-14(16-15(19)5-4-10-23-16)12-6-8-13(9-7-12)18(20,21)22;2*14-10-2-1-7-19-12(10)11(18)8-3-5-9(6-4-8)13(15,16)17;7-5-2-1-3-8-6(5)4-9;1-5-6(7)3-2-4-8-5;;;/h4-10,14H,11H2,1-3H3;4-10,14H,11H2,1-3H3;2*1-7,11H,18H2;1-4H;2-4H,1H3;3*1H/t14-;14-,25+;2*11-;;;;;/m0000...../s1. The second kappa shape index (κ2) is 45.0. The minimum atomic E-state index is -4.41. The fourth-order valence-electron chi connectivity index (χ4n) is 9.05. The molecule has 4 aromatic carbocycles. The highest BCUT2D eigenvalue weighted by molar-refractivity contribution is 9.11. The molecule has 0 spiro atoms. The Bertz CT molecular complexity index is 4370. The number of carbonyl (C=O) groups excluding carboxylic acids is 2. The van der Waals surface area contributed by atoms with Crippen LogP contribution in [0.4, 0.5) is 52.7 Å². The van der Waals surface area contributed by atoms with Crippen molar-refractivity contribution in [3.05, 3.63) is 313 Å². The smallest absolute Gasteiger partial charge is 0.416 e. The molecule has 10 rings (SSSR count). The predicted octanol–water partition coefficient (Wildman–Crippen LogP) is 24.2. The molecule has 0 aliphatic carbocycles. The Morgan fingerprint density at radius 2 is 0.688 bits per heavy atom. The van der Waals surface area contributed by atoms with Gasteiger partial charge in [0, 0.05) is 97.2 Å². The van der Waals surface area contributed by atoms with Gasteiger partial charge >= 0.3 is 30.7 Å². The fraction of sp³-hybridized carbons (Fsp3) is 0.253. The summed E-state index contributed by atoms with van der Waals surface area (Å²) in [4.78, 5) is 47.2. The van der Waals surface area contributed by atoms with E-state index in [1.54, 1.807) is 113 Å². The molecule has 10 aromatic rings. The van der Waals surface area contributed by atoms with Gasteiger partial charge in [-0.05, 0) is 288 Å². The van der Waals surface area contributed by atoms with Crippen LogP contribution < -0.4 is 11.5 Å². The number of nitrogens with two attached hydrogens (primary N) is 2. The third-order valence-corrected chi connectivity index (χ3v) is 20.7. The van der Waals surface area contributed by atoms with Crippen molar-refractivity contribution in [3.63, 3.8) is 0 Å². The van der Waals surface area contributed by atoms with Gasteiger partial charge in [0.25, 0.3) is 0 Å². The zero-order chi connectivity index (χ0) is 79.1. The zero-order valence-electron chi connectivity index (χ0n) is 58.3. The van der Waals surface area contributed by atoms with Crippen LogP contribution in [0.2, 0.25) is 0 Å². The van der Waals surface area contributed by atoms with Crippen LogP contribution in [0, 0.1) is 6.92 Å². The highest BCUT2D eigenvalue weighted by atomic mass is 79.9. The Morgan fingerprint density at radius 3 is 0.945 bits per heavy atom. The number of aldehydes is 1. The summed E-state index contributed by atoms with van der Waals surface area (Å²) in [7, 11) is -1.18. The SMILES string of the molecule is CC(C)(C)OC(=O)C[C@@H](c1ccc(C(F)(F)F)cc1)c1ncccc1Br.CC(C)(C)[S@](=O)C[C@@H](c1ccc(C(F)(F)F)cc1)c1ncccc1Br.Cc1ncccc1Br.Cl.Cl.Cl.N[C@@H](c1ccc(C(F)(F)F)cc1)c1ncccc1Br.N[C@@H](c1ccc(C(F)(F)F)cc1)c1ncccc1Br.O=Cc1ncccc1Br. The number of alkyl halides is 12. The first-order chi connectivity index (χ1) is 49.4. The number of pyridine rings is 6. The van der Waals surface area contributed by atoms with Crippen LogP contribution >= 0.6 is 133 Å². The molecule has 0 unspecified atom stereocenters. The maximum absolute atomic E-state index is 12.8.